The standard InChI is InChI=1S/C17H23BrN2O3/c1-10-6-7-14(20-22-5)15-12(10)8-11(9-13(15)18)19-16(21)23-17(2,3)4/h8-10H,6-7H2,1-5H3,(H,19,21)/b20-14+/t10-/m0/s1. The maximum absolute atomic E-state index is 12.0. The Kier molecular flexibility index (Phi) is 5.34. The Balaban J connectivity index is 2.32. The second-order valence-corrected chi connectivity index (χ2v) is 7.56. The highest BCUT2D eigenvalue weighted by Gasteiger charge is 2.25. The number of benzene rings is 1. The first-order valence-corrected chi connectivity index (χ1v) is 8.44. The predicted octanol–water partition coefficient (Wildman–Crippen LogP) is 5.04. The van der Waals surface area contributed by atoms with Crippen LogP contribution in [-0.4, -0.2) is 24.5 Å². The van der Waals surface area contributed by atoms with Crippen molar-refractivity contribution in [3.8, 4) is 0 Å². The highest BCUT2D eigenvalue weighted by atomic mass is 79.9. The minimum atomic E-state index is -0.527. The zero-order valence-corrected chi connectivity index (χ0v) is 15.8. The largest absolute Gasteiger partial charge is 0.444 e. The molecule has 1 aliphatic carbocycles. The highest BCUT2D eigenvalue weighted by molar-refractivity contribution is 9.10. The van der Waals surface area contributed by atoms with Gasteiger partial charge >= 0.3 is 6.09 Å². The Hall–Kier alpha value is -1.56. The van der Waals surface area contributed by atoms with Gasteiger partial charge in [0.1, 0.15) is 12.7 Å². The van der Waals surface area contributed by atoms with Crippen LogP contribution in [0.5, 0.6) is 0 Å². The molecule has 0 saturated carbocycles. The van der Waals surface area contributed by atoms with Crippen LogP contribution in [0.1, 0.15) is 57.6 Å². The number of hydrogen-bond acceptors (Lipinski definition) is 4. The second-order valence-electron chi connectivity index (χ2n) is 6.71. The first kappa shape index (κ1) is 17.8. The highest BCUT2D eigenvalue weighted by Crippen LogP contribution is 2.38. The summed E-state index contributed by atoms with van der Waals surface area (Å²) in [4.78, 5) is 16.9. The number of carbonyl (C=O) groups is 1. The van der Waals surface area contributed by atoms with Gasteiger partial charge < -0.3 is 9.57 Å². The fraction of sp³-hybridized carbons (Fsp3) is 0.529. The third kappa shape index (κ3) is 4.47. The molecule has 0 fully saturated rings. The summed E-state index contributed by atoms with van der Waals surface area (Å²) in [5.41, 5.74) is 3.31. The summed E-state index contributed by atoms with van der Waals surface area (Å²) in [5.74, 6) is 0.387. The Bertz CT molecular complexity index is 635. The number of rotatable bonds is 2. The number of carbonyl (C=O) groups excluding carboxylic acids is 1. The van der Waals surface area contributed by atoms with Crippen molar-refractivity contribution in [1.82, 2.24) is 0 Å². The number of ether oxygens (including phenoxy) is 1. The monoisotopic (exact) mass is 382 g/mol. The number of halogens is 1. The lowest BCUT2D eigenvalue weighted by Crippen LogP contribution is -2.27. The second kappa shape index (κ2) is 6.91. The number of fused-ring (bicyclic) bond motifs is 1. The van der Waals surface area contributed by atoms with Crippen molar-refractivity contribution in [2.75, 3.05) is 12.4 Å². The van der Waals surface area contributed by atoms with E-state index in [9.17, 15) is 4.79 Å². The summed E-state index contributed by atoms with van der Waals surface area (Å²) in [6.07, 6.45) is 1.41. The van der Waals surface area contributed by atoms with E-state index in [0.717, 1.165) is 34.2 Å². The summed E-state index contributed by atoms with van der Waals surface area (Å²) < 4.78 is 6.20. The molecule has 0 unspecified atom stereocenters. The number of oxime groups is 1. The fourth-order valence-corrected chi connectivity index (χ4v) is 3.35. The molecule has 1 aliphatic rings. The van der Waals surface area contributed by atoms with Crippen LogP contribution in [0.4, 0.5) is 10.5 Å². The minimum absolute atomic E-state index is 0.387. The topological polar surface area (TPSA) is 59.9 Å². The van der Waals surface area contributed by atoms with Crippen LogP contribution in [0.15, 0.2) is 21.8 Å². The van der Waals surface area contributed by atoms with E-state index in [-0.39, 0.29) is 0 Å². The van der Waals surface area contributed by atoms with Gasteiger partial charge in [-0.15, -0.1) is 0 Å². The van der Waals surface area contributed by atoms with Crippen LogP contribution < -0.4 is 5.32 Å². The first-order valence-electron chi connectivity index (χ1n) is 7.65. The van der Waals surface area contributed by atoms with Gasteiger partial charge in [-0.1, -0.05) is 28.0 Å². The van der Waals surface area contributed by atoms with E-state index in [4.69, 9.17) is 9.57 Å². The van der Waals surface area contributed by atoms with Crippen molar-refractivity contribution in [1.29, 1.82) is 0 Å². The maximum atomic E-state index is 12.0. The van der Waals surface area contributed by atoms with Crippen LogP contribution in [0, 0.1) is 0 Å². The SMILES string of the molecule is CO/N=C1\CC[C@H](C)c2cc(NC(=O)OC(C)(C)C)cc(Br)c21. The summed E-state index contributed by atoms with van der Waals surface area (Å²) in [5, 5.41) is 6.93. The Labute approximate surface area is 145 Å². The van der Waals surface area contributed by atoms with Crippen molar-refractivity contribution < 1.29 is 14.4 Å². The Morgan fingerprint density at radius 1 is 1.39 bits per heavy atom. The van der Waals surface area contributed by atoms with E-state index in [1.54, 1.807) is 7.11 Å². The molecule has 0 bridgehead atoms. The van der Waals surface area contributed by atoms with Gasteiger partial charge in [0.15, 0.2) is 0 Å². The Morgan fingerprint density at radius 3 is 2.70 bits per heavy atom. The molecule has 0 spiro atoms. The van der Waals surface area contributed by atoms with E-state index >= 15 is 0 Å². The number of nitrogens with one attached hydrogen (secondary N) is 1. The molecular weight excluding hydrogens is 360 g/mol. The van der Waals surface area contributed by atoms with Gasteiger partial charge in [-0.05, 0) is 57.2 Å². The van der Waals surface area contributed by atoms with Crippen LogP contribution in [0.3, 0.4) is 0 Å². The van der Waals surface area contributed by atoms with Crippen molar-refractivity contribution in [3.63, 3.8) is 0 Å². The van der Waals surface area contributed by atoms with Gasteiger partial charge in [0.05, 0.1) is 5.71 Å². The van der Waals surface area contributed by atoms with Crippen molar-refractivity contribution in [2.45, 2.75) is 52.1 Å². The fourth-order valence-electron chi connectivity index (χ4n) is 2.65. The molecule has 23 heavy (non-hydrogen) atoms. The molecule has 6 heteroatoms. The van der Waals surface area contributed by atoms with E-state index < -0.39 is 11.7 Å². The van der Waals surface area contributed by atoms with Crippen LogP contribution in [-0.2, 0) is 9.57 Å². The predicted molar refractivity (Wildman–Crippen MR) is 95.2 cm³/mol. The third-order valence-corrected chi connectivity index (χ3v) is 4.23. The Morgan fingerprint density at radius 2 is 2.09 bits per heavy atom. The zero-order valence-electron chi connectivity index (χ0n) is 14.2. The third-order valence-electron chi connectivity index (χ3n) is 3.60. The lowest BCUT2D eigenvalue weighted by molar-refractivity contribution is 0.0636. The summed E-state index contributed by atoms with van der Waals surface area (Å²) in [6, 6.07) is 3.85. The van der Waals surface area contributed by atoms with Crippen LogP contribution in [0.25, 0.3) is 0 Å². The van der Waals surface area contributed by atoms with Gasteiger partial charge in [0.2, 0.25) is 0 Å². The van der Waals surface area contributed by atoms with E-state index in [1.807, 2.05) is 32.9 Å². The summed E-state index contributed by atoms with van der Waals surface area (Å²) in [7, 11) is 1.55. The molecule has 1 aromatic rings. The van der Waals surface area contributed by atoms with E-state index in [2.05, 4.69) is 33.3 Å². The zero-order chi connectivity index (χ0) is 17.2. The molecule has 5 nitrogen and oxygen atoms in total. The van der Waals surface area contributed by atoms with Gasteiger partial charge in [0, 0.05) is 15.7 Å². The number of nitrogens with zero attached hydrogens (tertiary/aromatic N) is 1. The van der Waals surface area contributed by atoms with Gasteiger partial charge in [-0.3, -0.25) is 5.32 Å². The lowest BCUT2D eigenvalue weighted by atomic mass is 9.82. The molecule has 126 valence electrons. The molecule has 0 radical (unpaired) electrons. The van der Waals surface area contributed by atoms with Gasteiger partial charge in [0.25, 0.3) is 0 Å². The number of anilines is 1. The molecule has 1 atom stereocenters. The lowest BCUT2D eigenvalue weighted by Gasteiger charge is -2.26. The molecular formula is C17H23BrN2O3. The quantitative estimate of drug-likeness (QED) is 0.728. The molecule has 0 aromatic heterocycles. The summed E-state index contributed by atoms with van der Waals surface area (Å²) >= 11 is 3.59. The number of amides is 1. The molecule has 1 N–H and O–H groups in total. The molecule has 1 amide bonds. The molecule has 2 rings (SSSR count). The van der Waals surface area contributed by atoms with E-state index in [1.165, 1.54) is 0 Å². The van der Waals surface area contributed by atoms with Gasteiger partial charge in [-0.25, -0.2) is 4.79 Å². The number of hydrogen-bond donors (Lipinski definition) is 1. The minimum Gasteiger partial charge on any atom is -0.444 e. The van der Waals surface area contributed by atoms with Gasteiger partial charge in [-0.2, -0.15) is 0 Å². The normalized spacial score (nSPS) is 19.2. The van der Waals surface area contributed by atoms with Crippen LogP contribution in [0.2, 0.25) is 0 Å². The van der Waals surface area contributed by atoms with E-state index in [0.29, 0.717) is 11.6 Å². The summed E-state index contributed by atoms with van der Waals surface area (Å²) in [6.45, 7) is 7.69. The average Bonchev–Trinajstić information content (AvgIpc) is 2.40. The smallest absolute Gasteiger partial charge is 0.412 e. The molecule has 0 saturated heterocycles. The molecule has 0 heterocycles. The van der Waals surface area contributed by atoms with Crippen molar-refractivity contribution >= 4 is 33.4 Å². The molecule has 0 aliphatic heterocycles. The molecule has 1 aromatic carbocycles. The van der Waals surface area contributed by atoms with Crippen molar-refractivity contribution in [3.05, 3.63) is 27.7 Å². The average molecular weight is 383 g/mol. The first-order chi connectivity index (χ1) is 10.7. The maximum Gasteiger partial charge on any atom is 0.412 e. The van der Waals surface area contributed by atoms with Crippen molar-refractivity contribution in [2.24, 2.45) is 5.16 Å². The van der Waals surface area contributed by atoms with Crippen LogP contribution >= 0.6 is 15.9 Å².